The van der Waals surface area contributed by atoms with Gasteiger partial charge >= 0.3 is 0 Å². The van der Waals surface area contributed by atoms with Gasteiger partial charge in [0, 0.05) is 6.54 Å². The van der Waals surface area contributed by atoms with Crippen LogP contribution in [0.3, 0.4) is 0 Å². The number of aromatic amines is 1. The van der Waals surface area contributed by atoms with Gasteiger partial charge in [-0.25, -0.2) is 0 Å². The van der Waals surface area contributed by atoms with E-state index in [9.17, 15) is 4.79 Å². The Labute approximate surface area is 76.7 Å². The Morgan fingerprint density at radius 2 is 2.54 bits per heavy atom. The van der Waals surface area contributed by atoms with Gasteiger partial charge in [0.2, 0.25) is 0 Å². The minimum atomic E-state index is -0.191. The molecule has 1 rings (SSSR count). The number of unbranched alkanes of at least 4 members (excludes halogenated alkanes) is 1. The Bertz CT molecular complexity index is 281. The first-order valence-electron chi connectivity index (χ1n) is 4.32. The van der Waals surface area contributed by atoms with Crippen LogP contribution in [-0.2, 0) is 0 Å². The number of nitrogens with zero attached hydrogens (tertiary/aromatic N) is 1. The van der Waals surface area contributed by atoms with E-state index in [1.54, 1.807) is 0 Å². The lowest BCUT2D eigenvalue weighted by Crippen LogP contribution is -2.25. The van der Waals surface area contributed by atoms with E-state index in [-0.39, 0.29) is 5.91 Å². The van der Waals surface area contributed by atoms with Gasteiger partial charge in [-0.1, -0.05) is 13.3 Å². The summed E-state index contributed by atoms with van der Waals surface area (Å²) < 4.78 is 0. The lowest BCUT2D eigenvalue weighted by Gasteiger charge is -2.01. The van der Waals surface area contributed by atoms with Crippen LogP contribution in [0.15, 0.2) is 6.20 Å². The predicted octanol–water partition coefficient (Wildman–Crippen LogP) is 0.522. The molecule has 0 aliphatic carbocycles. The lowest BCUT2D eigenvalue weighted by molar-refractivity contribution is 0.0949. The molecule has 0 fully saturated rings. The molecular formula is C8H14N4O. The largest absolute Gasteiger partial charge is 0.396 e. The zero-order valence-electron chi connectivity index (χ0n) is 7.63. The third-order valence-electron chi connectivity index (χ3n) is 1.71. The molecule has 0 aliphatic heterocycles. The minimum Gasteiger partial charge on any atom is -0.396 e. The standard InChI is InChI=1S/C8H14N4O/c1-2-3-4-10-8(13)7-6(9)5-11-12-7/h5H,2-4,9H2,1H3,(H,10,13)(H,11,12). The van der Waals surface area contributed by atoms with E-state index in [1.807, 2.05) is 0 Å². The summed E-state index contributed by atoms with van der Waals surface area (Å²) in [5.74, 6) is -0.191. The van der Waals surface area contributed by atoms with Crippen LogP contribution in [0.4, 0.5) is 5.69 Å². The van der Waals surface area contributed by atoms with E-state index in [2.05, 4.69) is 22.4 Å². The fourth-order valence-electron chi connectivity index (χ4n) is 0.944. The topological polar surface area (TPSA) is 83.8 Å². The number of hydrogen-bond donors (Lipinski definition) is 3. The second kappa shape index (κ2) is 4.49. The van der Waals surface area contributed by atoms with Crippen molar-refractivity contribution in [3.05, 3.63) is 11.9 Å². The van der Waals surface area contributed by atoms with E-state index in [0.29, 0.717) is 17.9 Å². The molecule has 13 heavy (non-hydrogen) atoms. The van der Waals surface area contributed by atoms with Gasteiger partial charge in [-0.05, 0) is 6.42 Å². The molecule has 5 heteroatoms. The van der Waals surface area contributed by atoms with Gasteiger partial charge in [0.05, 0.1) is 11.9 Å². The van der Waals surface area contributed by atoms with Gasteiger partial charge in [-0.2, -0.15) is 5.10 Å². The first-order chi connectivity index (χ1) is 6.25. The number of anilines is 1. The predicted molar refractivity (Wildman–Crippen MR) is 50.2 cm³/mol. The van der Waals surface area contributed by atoms with Crippen LogP contribution in [0.2, 0.25) is 0 Å². The highest BCUT2D eigenvalue weighted by atomic mass is 16.1. The number of H-pyrrole nitrogens is 1. The molecule has 5 nitrogen and oxygen atoms in total. The average molecular weight is 182 g/mol. The van der Waals surface area contributed by atoms with Gasteiger partial charge in [-0.3, -0.25) is 9.89 Å². The fourth-order valence-corrected chi connectivity index (χ4v) is 0.944. The zero-order valence-corrected chi connectivity index (χ0v) is 7.63. The maximum absolute atomic E-state index is 11.3. The summed E-state index contributed by atoms with van der Waals surface area (Å²) in [6, 6.07) is 0. The van der Waals surface area contributed by atoms with Crippen molar-refractivity contribution in [2.45, 2.75) is 19.8 Å². The van der Waals surface area contributed by atoms with Crippen molar-refractivity contribution in [2.24, 2.45) is 0 Å². The maximum Gasteiger partial charge on any atom is 0.271 e. The van der Waals surface area contributed by atoms with Gasteiger partial charge in [0.15, 0.2) is 0 Å². The number of rotatable bonds is 4. The molecule has 0 spiro atoms. The van der Waals surface area contributed by atoms with E-state index >= 15 is 0 Å². The van der Waals surface area contributed by atoms with Gasteiger partial charge in [0.25, 0.3) is 5.91 Å². The lowest BCUT2D eigenvalue weighted by atomic mass is 10.3. The van der Waals surface area contributed by atoms with Gasteiger partial charge < -0.3 is 11.1 Å². The summed E-state index contributed by atoms with van der Waals surface area (Å²) in [6.07, 6.45) is 3.45. The van der Waals surface area contributed by atoms with Crippen molar-refractivity contribution in [2.75, 3.05) is 12.3 Å². The van der Waals surface area contributed by atoms with Gasteiger partial charge in [0.1, 0.15) is 5.69 Å². The number of hydrogen-bond acceptors (Lipinski definition) is 3. The number of carbonyl (C=O) groups is 1. The molecule has 0 bridgehead atoms. The summed E-state index contributed by atoms with van der Waals surface area (Å²) in [5, 5.41) is 8.94. The Hall–Kier alpha value is -1.52. The van der Waals surface area contributed by atoms with Crippen molar-refractivity contribution >= 4 is 11.6 Å². The number of nitrogens with one attached hydrogen (secondary N) is 2. The molecule has 1 aromatic rings. The fraction of sp³-hybridized carbons (Fsp3) is 0.500. The molecular weight excluding hydrogens is 168 g/mol. The second-order valence-electron chi connectivity index (χ2n) is 2.81. The monoisotopic (exact) mass is 182 g/mol. The summed E-state index contributed by atoms with van der Waals surface area (Å²) in [7, 11) is 0. The molecule has 0 unspecified atom stereocenters. The van der Waals surface area contributed by atoms with Crippen LogP contribution in [0.25, 0.3) is 0 Å². The highest BCUT2D eigenvalue weighted by molar-refractivity contribution is 5.96. The minimum absolute atomic E-state index is 0.191. The number of nitrogens with two attached hydrogens (primary N) is 1. The zero-order chi connectivity index (χ0) is 9.68. The molecule has 0 radical (unpaired) electrons. The Balaban J connectivity index is 2.45. The van der Waals surface area contributed by atoms with Crippen LogP contribution >= 0.6 is 0 Å². The summed E-state index contributed by atoms with van der Waals surface area (Å²) in [5.41, 5.74) is 6.22. The molecule has 0 saturated heterocycles. The number of aromatic nitrogens is 2. The molecule has 1 amide bonds. The Morgan fingerprint density at radius 3 is 3.08 bits per heavy atom. The highest BCUT2D eigenvalue weighted by Gasteiger charge is 2.09. The maximum atomic E-state index is 11.3. The number of amides is 1. The van der Waals surface area contributed by atoms with Crippen LogP contribution in [-0.4, -0.2) is 22.6 Å². The van der Waals surface area contributed by atoms with Crippen molar-refractivity contribution in [3.63, 3.8) is 0 Å². The number of nitrogen functional groups attached to an aromatic ring is 1. The molecule has 4 N–H and O–H groups in total. The van der Waals surface area contributed by atoms with E-state index in [0.717, 1.165) is 12.8 Å². The molecule has 0 atom stereocenters. The molecule has 0 saturated carbocycles. The second-order valence-corrected chi connectivity index (χ2v) is 2.81. The van der Waals surface area contributed by atoms with Gasteiger partial charge in [-0.15, -0.1) is 0 Å². The number of carbonyl (C=O) groups excluding carboxylic acids is 1. The van der Waals surface area contributed by atoms with E-state index in [1.165, 1.54) is 6.20 Å². The summed E-state index contributed by atoms with van der Waals surface area (Å²) >= 11 is 0. The Morgan fingerprint density at radius 1 is 1.77 bits per heavy atom. The smallest absolute Gasteiger partial charge is 0.271 e. The third-order valence-corrected chi connectivity index (χ3v) is 1.71. The van der Waals surface area contributed by atoms with Crippen molar-refractivity contribution in [1.29, 1.82) is 0 Å². The van der Waals surface area contributed by atoms with Crippen LogP contribution in [0.1, 0.15) is 30.3 Å². The first kappa shape index (κ1) is 9.57. The van der Waals surface area contributed by atoms with E-state index < -0.39 is 0 Å². The highest BCUT2D eigenvalue weighted by Crippen LogP contribution is 2.04. The summed E-state index contributed by atoms with van der Waals surface area (Å²) in [6.45, 7) is 2.74. The first-order valence-corrected chi connectivity index (χ1v) is 4.32. The van der Waals surface area contributed by atoms with Crippen molar-refractivity contribution in [1.82, 2.24) is 15.5 Å². The van der Waals surface area contributed by atoms with Crippen molar-refractivity contribution in [3.8, 4) is 0 Å². The van der Waals surface area contributed by atoms with Crippen LogP contribution < -0.4 is 11.1 Å². The molecule has 0 aliphatic rings. The van der Waals surface area contributed by atoms with Crippen molar-refractivity contribution < 1.29 is 4.79 Å². The molecule has 1 aromatic heterocycles. The van der Waals surface area contributed by atoms with Crippen LogP contribution in [0.5, 0.6) is 0 Å². The van der Waals surface area contributed by atoms with E-state index in [4.69, 9.17) is 5.73 Å². The Kier molecular flexibility index (Phi) is 3.31. The average Bonchev–Trinajstić information content (AvgIpc) is 2.52. The summed E-state index contributed by atoms with van der Waals surface area (Å²) in [4.78, 5) is 11.3. The van der Waals surface area contributed by atoms with Crippen LogP contribution in [0, 0.1) is 0 Å². The normalized spacial score (nSPS) is 9.92. The molecule has 1 heterocycles. The molecule has 72 valence electrons. The quantitative estimate of drug-likeness (QED) is 0.593. The third kappa shape index (κ3) is 2.47. The SMILES string of the molecule is CCCCNC(=O)c1[nH]ncc1N. The molecule has 0 aromatic carbocycles.